The van der Waals surface area contributed by atoms with Crippen LogP contribution in [0.15, 0.2) is 18.2 Å². The minimum absolute atomic E-state index is 0.273. The van der Waals surface area contributed by atoms with E-state index in [-0.39, 0.29) is 5.75 Å². The van der Waals surface area contributed by atoms with Gasteiger partial charge in [-0.2, -0.15) is 0 Å². The molecule has 1 aliphatic rings. The summed E-state index contributed by atoms with van der Waals surface area (Å²) in [6.07, 6.45) is 1.19. The normalized spacial score (nSPS) is 25.3. The largest absolute Gasteiger partial charge is 0.508 e. The lowest BCUT2D eigenvalue weighted by Gasteiger charge is -2.11. The number of nitrogens with one attached hydrogen (secondary N) is 2. The van der Waals surface area contributed by atoms with Crippen molar-refractivity contribution in [1.29, 1.82) is 0 Å². The summed E-state index contributed by atoms with van der Waals surface area (Å²) in [4.78, 5) is 7.83. The van der Waals surface area contributed by atoms with Gasteiger partial charge in [0.1, 0.15) is 11.6 Å². The Balaban J connectivity index is 2.04. The lowest BCUT2D eigenvalue weighted by molar-refractivity contribution is 0.476. The second-order valence-corrected chi connectivity index (χ2v) is 4.52. The number of phenolic OH excluding ortho intramolecular Hbond substituents is 1. The molecule has 0 saturated carbocycles. The zero-order chi connectivity index (χ0) is 11.1. The molecule has 1 aliphatic heterocycles. The number of imidazole rings is 1. The first-order valence-electron chi connectivity index (χ1n) is 5.66. The number of nitrogens with zero attached hydrogens (tertiary/aromatic N) is 1. The van der Waals surface area contributed by atoms with Gasteiger partial charge in [0, 0.05) is 6.07 Å². The van der Waals surface area contributed by atoms with E-state index in [1.54, 1.807) is 12.1 Å². The van der Waals surface area contributed by atoms with Gasteiger partial charge in [-0.25, -0.2) is 4.98 Å². The van der Waals surface area contributed by atoms with Crippen LogP contribution < -0.4 is 5.32 Å². The molecule has 4 nitrogen and oxygen atoms in total. The maximum Gasteiger partial charge on any atom is 0.124 e. The van der Waals surface area contributed by atoms with Gasteiger partial charge in [-0.1, -0.05) is 6.92 Å². The van der Waals surface area contributed by atoms with Crippen LogP contribution in [0.5, 0.6) is 5.75 Å². The quantitative estimate of drug-likeness (QED) is 0.684. The number of hydrogen-bond acceptors (Lipinski definition) is 3. The van der Waals surface area contributed by atoms with Gasteiger partial charge in [-0.05, 0) is 31.0 Å². The molecule has 0 bridgehead atoms. The van der Waals surface area contributed by atoms with Crippen molar-refractivity contribution < 1.29 is 5.11 Å². The van der Waals surface area contributed by atoms with Crippen molar-refractivity contribution in [1.82, 2.24) is 15.3 Å². The molecular weight excluding hydrogens is 202 g/mol. The number of rotatable bonds is 1. The van der Waals surface area contributed by atoms with Crippen LogP contribution in [0.3, 0.4) is 0 Å². The Morgan fingerprint density at radius 2 is 2.31 bits per heavy atom. The minimum Gasteiger partial charge on any atom is -0.508 e. The smallest absolute Gasteiger partial charge is 0.124 e. The Morgan fingerprint density at radius 1 is 1.44 bits per heavy atom. The number of hydrogen-bond donors (Lipinski definition) is 3. The number of phenols is 1. The lowest BCUT2D eigenvalue weighted by atomic mass is 10.0. The molecule has 16 heavy (non-hydrogen) atoms. The highest BCUT2D eigenvalue weighted by Gasteiger charge is 2.26. The fourth-order valence-electron chi connectivity index (χ4n) is 2.37. The van der Waals surface area contributed by atoms with Crippen LogP contribution in [0.1, 0.15) is 25.2 Å². The topological polar surface area (TPSA) is 60.9 Å². The van der Waals surface area contributed by atoms with Gasteiger partial charge in [0.05, 0.1) is 17.1 Å². The van der Waals surface area contributed by atoms with Crippen LogP contribution >= 0.6 is 0 Å². The predicted molar refractivity (Wildman–Crippen MR) is 62.3 cm³/mol. The second-order valence-electron chi connectivity index (χ2n) is 4.52. The average molecular weight is 217 g/mol. The summed E-state index contributed by atoms with van der Waals surface area (Å²) in [5.74, 6) is 1.86. The molecule has 0 radical (unpaired) electrons. The Kier molecular flexibility index (Phi) is 2.11. The highest BCUT2D eigenvalue weighted by atomic mass is 16.3. The second kappa shape index (κ2) is 3.49. The lowest BCUT2D eigenvalue weighted by Crippen LogP contribution is -2.17. The summed E-state index contributed by atoms with van der Waals surface area (Å²) in [5.41, 5.74) is 1.81. The van der Waals surface area contributed by atoms with Crippen molar-refractivity contribution in [2.75, 3.05) is 6.54 Å². The van der Waals surface area contributed by atoms with E-state index < -0.39 is 0 Å². The maximum atomic E-state index is 9.39. The van der Waals surface area contributed by atoms with Crippen molar-refractivity contribution in [2.45, 2.75) is 19.4 Å². The Morgan fingerprint density at radius 3 is 3.06 bits per heavy atom. The molecule has 3 N–H and O–H groups in total. The summed E-state index contributed by atoms with van der Waals surface area (Å²) in [5, 5.41) is 12.8. The molecule has 4 heteroatoms. The van der Waals surface area contributed by atoms with Crippen molar-refractivity contribution >= 4 is 11.0 Å². The molecule has 0 aliphatic carbocycles. The third kappa shape index (κ3) is 1.46. The van der Waals surface area contributed by atoms with Gasteiger partial charge in [-0.15, -0.1) is 0 Å². The Labute approximate surface area is 93.7 Å². The van der Waals surface area contributed by atoms with E-state index in [1.165, 1.54) is 6.42 Å². The minimum atomic E-state index is 0.273. The number of benzene rings is 1. The first kappa shape index (κ1) is 9.66. The highest BCUT2D eigenvalue weighted by molar-refractivity contribution is 5.76. The van der Waals surface area contributed by atoms with Gasteiger partial charge in [-0.3, -0.25) is 0 Å². The summed E-state index contributed by atoms with van der Waals surface area (Å²) < 4.78 is 0. The van der Waals surface area contributed by atoms with Crippen molar-refractivity contribution in [3.63, 3.8) is 0 Å². The molecule has 3 rings (SSSR count). The van der Waals surface area contributed by atoms with Crippen LogP contribution in [-0.2, 0) is 0 Å². The van der Waals surface area contributed by atoms with Gasteiger partial charge >= 0.3 is 0 Å². The molecule has 2 aromatic rings. The molecule has 2 atom stereocenters. The van der Waals surface area contributed by atoms with Gasteiger partial charge < -0.3 is 15.4 Å². The SMILES string of the molecule is CC1CCNC1c1nc2ccc(O)cc2[nH]1. The van der Waals surface area contributed by atoms with Crippen molar-refractivity contribution in [3.05, 3.63) is 24.0 Å². The highest BCUT2D eigenvalue weighted by Crippen LogP contribution is 2.29. The summed E-state index contributed by atoms with van der Waals surface area (Å²) in [6.45, 7) is 3.28. The fraction of sp³-hybridized carbons (Fsp3) is 0.417. The average Bonchev–Trinajstić information content (AvgIpc) is 2.82. The molecule has 2 heterocycles. The maximum absolute atomic E-state index is 9.39. The Hall–Kier alpha value is -1.55. The number of fused-ring (bicyclic) bond motifs is 1. The Bertz CT molecular complexity index is 520. The molecule has 1 saturated heterocycles. The van der Waals surface area contributed by atoms with E-state index in [1.807, 2.05) is 6.07 Å². The monoisotopic (exact) mass is 217 g/mol. The van der Waals surface area contributed by atoms with E-state index in [4.69, 9.17) is 0 Å². The zero-order valence-electron chi connectivity index (χ0n) is 9.20. The summed E-state index contributed by atoms with van der Waals surface area (Å²) in [6, 6.07) is 5.53. The number of aromatic nitrogens is 2. The number of aromatic amines is 1. The van der Waals surface area contributed by atoms with E-state index >= 15 is 0 Å². The van der Waals surface area contributed by atoms with Gasteiger partial charge in [0.2, 0.25) is 0 Å². The van der Waals surface area contributed by atoms with E-state index in [2.05, 4.69) is 22.2 Å². The van der Waals surface area contributed by atoms with Crippen LogP contribution in [0.2, 0.25) is 0 Å². The van der Waals surface area contributed by atoms with Crippen LogP contribution in [0.4, 0.5) is 0 Å². The van der Waals surface area contributed by atoms with Gasteiger partial charge in [0.25, 0.3) is 0 Å². The first-order chi connectivity index (χ1) is 7.74. The zero-order valence-corrected chi connectivity index (χ0v) is 9.20. The molecule has 1 aromatic carbocycles. The first-order valence-corrected chi connectivity index (χ1v) is 5.66. The molecule has 0 spiro atoms. The van der Waals surface area contributed by atoms with Gasteiger partial charge in [0.15, 0.2) is 0 Å². The van der Waals surface area contributed by atoms with Crippen molar-refractivity contribution in [3.8, 4) is 5.75 Å². The molecule has 84 valence electrons. The molecular formula is C12H15N3O. The molecule has 1 aromatic heterocycles. The van der Waals surface area contributed by atoms with E-state index in [0.717, 1.165) is 23.4 Å². The molecule has 1 fully saturated rings. The number of H-pyrrole nitrogens is 1. The summed E-state index contributed by atoms with van der Waals surface area (Å²) >= 11 is 0. The van der Waals surface area contributed by atoms with Crippen LogP contribution in [0.25, 0.3) is 11.0 Å². The third-order valence-corrected chi connectivity index (χ3v) is 3.31. The summed E-state index contributed by atoms with van der Waals surface area (Å²) in [7, 11) is 0. The van der Waals surface area contributed by atoms with E-state index in [0.29, 0.717) is 12.0 Å². The van der Waals surface area contributed by atoms with Crippen LogP contribution in [0, 0.1) is 5.92 Å². The van der Waals surface area contributed by atoms with E-state index in [9.17, 15) is 5.11 Å². The van der Waals surface area contributed by atoms with Crippen LogP contribution in [-0.4, -0.2) is 21.6 Å². The standard InChI is InChI=1S/C12H15N3O/c1-7-4-5-13-11(7)12-14-9-3-2-8(16)6-10(9)15-12/h2-3,6-7,11,13,16H,4-5H2,1H3,(H,14,15). The molecule has 0 amide bonds. The number of aromatic hydroxyl groups is 1. The molecule has 2 unspecified atom stereocenters. The van der Waals surface area contributed by atoms with Crippen molar-refractivity contribution in [2.24, 2.45) is 5.92 Å². The fourth-order valence-corrected chi connectivity index (χ4v) is 2.37. The predicted octanol–water partition coefficient (Wildman–Crippen LogP) is 1.94. The third-order valence-electron chi connectivity index (χ3n) is 3.31.